The molecular formula is C18H24ClN3OS2. The van der Waals surface area contributed by atoms with Crippen LogP contribution in [0.3, 0.4) is 0 Å². The summed E-state index contributed by atoms with van der Waals surface area (Å²) >= 11 is 8.97. The Kier molecular flexibility index (Phi) is 7.28. The van der Waals surface area contributed by atoms with Gasteiger partial charge in [-0.1, -0.05) is 74.5 Å². The summed E-state index contributed by atoms with van der Waals surface area (Å²) in [6, 6.07) is 7.76. The number of nitrogens with zero attached hydrogens (tertiary/aromatic N) is 2. The second-order valence-corrected chi connectivity index (χ2v) is 10.1. The van der Waals surface area contributed by atoms with Crippen LogP contribution in [0.4, 0.5) is 5.13 Å². The number of carbonyl (C=O) groups excluding carboxylic acids is 1. The summed E-state index contributed by atoms with van der Waals surface area (Å²) in [5, 5.41) is 12.3. The third-order valence-electron chi connectivity index (χ3n) is 3.40. The van der Waals surface area contributed by atoms with E-state index in [9.17, 15) is 4.79 Å². The zero-order valence-electron chi connectivity index (χ0n) is 15.0. The van der Waals surface area contributed by atoms with Gasteiger partial charge >= 0.3 is 0 Å². The molecule has 2 aromatic rings. The summed E-state index contributed by atoms with van der Waals surface area (Å²) in [4.78, 5) is 12.1. The fourth-order valence-corrected chi connectivity index (χ4v) is 4.62. The van der Waals surface area contributed by atoms with Crippen LogP contribution in [0.5, 0.6) is 0 Å². The molecule has 0 saturated heterocycles. The second-order valence-electron chi connectivity index (χ2n) is 7.41. The molecule has 7 heteroatoms. The molecule has 4 nitrogen and oxygen atoms in total. The Morgan fingerprint density at radius 1 is 1.36 bits per heavy atom. The van der Waals surface area contributed by atoms with Gasteiger partial charge in [0.25, 0.3) is 0 Å². The van der Waals surface area contributed by atoms with Gasteiger partial charge in [0.15, 0.2) is 4.34 Å². The number of anilines is 1. The Morgan fingerprint density at radius 2 is 2.12 bits per heavy atom. The van der Waals surface area contributed by atoms with Crippen LogP contribution in [0.1, 0.15) is 46.1 Å². The van der Waals surface area contributed by atoms with Crippen molar-refractivity contribution >= 4 is 45.7 Å². The van der Waals surface area contributed by atoms with E-state index in [0.29, 0.717) is 17.5 Å². The first kappa shape index (κ1) is 20.2. The fraction of sp³-hybridized carbons (Fsp3) is 0.500. The molecule has 0 bridgehead atoms. The van der Waals surface area contributed by atoms with Crippen LogP contribution in [0.25, 0.3) is 0 Å². The van der Waals surface area contributed by atoms with E-state index in [-0.39, 0.29) is 11.3 Å². The van der Waals surface area contributed by atoms with E-state index in [2.05, 4.69) is 43.2 Å². The maximum atomic E-state index is 12.1. The van der Waals surface area contributed by atoms with Crippen LogP contribution in [0.15, 0.2) is 28.6 Å². The largest absolute Gasteiger partial charge is 0.300 e. The molecule has 1 N–H and O–H groups in total. The van der Waals surface area contributed by atoms with E-state index in [1.807, 2.05) is 24.3 Å². The van der Waals surface area contributed by atoms with Gasteiger partial charge in [0, 0.05) is 17.2 Å². The molecule has 1 aromatic heterocycles. The first-order chi connectivity index (χ1) is 11.7. The average Bonchev–Trinajstić information content (AvgIpc) is 2.90. The van der Waals surface area contributed by atoms with Crippen molar-refractivity contribution in [2.45, 2.75) is 50.6 Å². The first-order valence-electron chi connectivity index (χ1n) is 8.22. The van der Waals surface area contributed by atoms with Crippen molar-refractivity contribution in [2.24, 2.45) is 11.3 Å². The van der Waals surface area contributed by atoms with Gasteiger partial charge in [-0.2, -0.15) is 0 Å². The average molecular weight is 398 g/mol. The van der Waals surface area contributed by atoms with Gasteiger partial charge in [-0.3, -0.25) is 4.79 Å². The van der Waals surface area contributed by atoms with Crippen LogP contribution in [0, 0.1) is 11.3 Å². The molecular weight excluding hydrogens is 374 g/mol. The molecule has 0 aliphatic rings. The van der Waals surface area contributed by atoms with Gasteiger partial charge in [-0.25, -0.2) is 0 Å². The number of rotatable bonds is 7. The molecule has 0 fully saturated rings. The summed E-state index contributed by atoms with van der Waals surface area (Å²) in [6.07, 6.45) is 1.51. The number of benzene rings is 1. The highest BCUT2D eigenvalue weighted by Crippen LogP contribution is 2.30. The van der Waals surface area contributed by atoms with Gasteiger partial charge in [0.05, 0.1) is 0 Å². The molecule has 2 rings (SSSR count). The Bertz CT molecular complexity index is 712. The number of amides is 1. The lowest BCUT2D eigenvalue weighted by molar-refractivity contribution is -0.117. The molecule has 1 aromatic carbocycles. The van der Waals surface area contributed by atoms with Gasteiger partial charge in [-0.15, -0.1) is 10.2 Å². The van der Waals surface area contributed by atoms with Crippen molar-refractivity contribution in [3.8, 4) is 0 Å². The van der Waals surface area contributed by atoms with Crippen molar-refractivity contribution in [3.05, 3.63) is 34.9 Å². The number of thioether (sulfide) groups is 1. The van der Waals surface area contributed by atoms with Gasteiger partial charge in [0.1, 0.15) is 0 Å². The lowest BCUT2D eigenvalue weighted by Gasteiger charge is -2.22. The topological polar surface area (TPSA) is 54.9 Å². The Balaban J connectivity index is 1.81. The van der Waals surface area contributed by atoms with E-state index < -0.39 is 0 Å². The minimum atomic E-state index is -0.000656. The smallest absolute Gasteiger partial charge is 0.226 e. The summed E-state index contributed by atoms with van der Waals surface area (Å²) < 4.78 is 0.831. The van der Waals surface area contributed by atoms with Crippen LogP contribution in [0.2, 0.25) is 5.02 Å². The Morgan fingerprint density at radius 3 is 2.80 bits per heavy atom. The maximum Gasteiger partial charge on any atom is 0.226 e. The Labute approximate surface area is 162 Å². The quantitative estimate of drug-likeness (QED) is 0.467. The minimum absolute atomic E-state index is 0.000656. The number of halogens is 1. The SMILES string of the molecule is CC(CC(=O)Nc1nnc(SCc2cccc(Cl)c2)s1)CC(C)(C)C. The van der Waals surface area contributed by atoms with E-state index in [4.69, 9.17) is 11.6 Å². The second kappa shape index (κ2) is 9.01. The zero-order valence-corrected chi connectivity index (χ0v) is 17.4. The van der Waals surface area contributed by atoms with Gasteiger partial charge in [-0.05, 0) is 35.4 Å². The standard InChI is InChI=1S/C18H24ClN3OS2/c1-12(10-18(2,3)4)8-15(23)20-16-21-22-17(25-16)24-11-13-6-5-7-14(19)9-13/h5-7,9,12H,8,10-11H2,1-4H3,(H,20,21,23). The predicted molar refractivity (Wildman–Crippen MR) is 107 cm³/mol. The highest BCUT2D eigenvalue weighted by Gasteiger charge is 2.18. The van der Waals surface area contributed by atoms with Crippen LogP contribution >= 0.6 is 34.7 Å². The normalized spacial score (nSPS) is 12.8. The number of nitrogens with one attached hydrogen (secondary N) is 1. The molecule has 1 unspecified atom stereocenters. The summed E-state index contributed by atoms with van der Waals surface area (Å²) in [6.45, 7) is 8.68. The summed E-state index contributed by atoms with van der Waals surface area (Å²) in [5.41, 5.74) is 1.36. The molecule has 25 heavy (non-hydrogen) atoms. The van der Waals surface area contributed by atoms with Crippen molar-refractivity contribution in [1.82, 2.24) is 10.2 Å². The zero-order chi connectivity index (χ0) is 18.4. The highest BCUT2D eigenvalue weighted by molar-refractivity contribution is 8.00. The van der Waals surface area contributed by atoms with Crippen LogP contribution < -0.4 is 5.32 Å². The highest BCUT2D eigenvalue weighted by atomic mass is 35.5. The van der Waals surface area contributed by atoms with Gasteiger partial charge in [0.2, 0.25) is 11.0 Å². The molecule has 0 spiro atoms. The van der Waals surface area contributed by atoms with Crippen molar-refractivity contribution in [3.63, 3.8) is 0 Å². The van der Waals surface area contributed by atoms with Crippen molar-refractivity contribution < 1.29 is 4.79 Å². The maximum absolute atomic E-state index is 12.1. The summed E-state index contributed by atoms with van der Waals surface area (Å²) in [5.74, 6) is 1.11. The van der Waals surface area contributed by atoms with Crippen LogP contribution in [-0.4, -0.2) is 16.1 Å². The summed E-state index contributed by atoms with van der Waals surface area (Å²) in [7, 11) is 0. The Hall–Kier alpha value is -1.11. The lowest BCUT2D eigenvalue weighted by Crippen LogP contribution is -2.18. The number of hydrogen-bond donors (Lipinski definition) is 1. The molecule has 0 aliphatic heterocycles. The molecule has 0 radical (unpaired) electrons. The lowest BCUT2D eigenvalue weighted by atomic mass is 9.84. The molecule has 1 amide bonds. The third-order valence-corrected chi connectivity index (χ3v) is 5.68. The molecule has 1 heterocycles. The monoisotopic (exact) mass is 397 g/mol. The van der Waals surface area contributed by atoms with E-state index in [1.165, 1.54) is 11.3 Å². The van der Waals surface area contributed by atoms with E-state index >= 15 is 0 Å². The molecule has 0 aliphatic carbocycles. The minimum Gasteiger partial charge on any atom is -0.300 e. The van der Waals surface area contributed by atoms with Gasteiger partial charge < -0.3 is 5.32 Å². The first-order valence-corrected chi connectivity index (χ1v) is 10.4. The van der Waals surface area contributed by atoms with Crippen molar-refractivity contribution in [1.29, 1.82) is 0 Å². The molecule has 1 atom stereocenters. The molecule has 0 saturated carbocycles. The van der Waals surface area contributed by atoms with E-state index in [1.54, 1.807) is 11.8 Å². The predicted octanol–water partition coefficient (Wildman–Crippen LogP) is 5.88. The fourth-order valence-electron chi connectivity index (χ4n) is 2.69. The van der Waals surface area contributed by atoms with Crippen LogP contribution in [-0.2, 0) is 10.5 Å². The van der Waals surface area contributed by atoms with Crippen molar-refractivity contribution in [2.75, 3.05) is 5.32 Å². The van der Waals surface area contributed by atoms with E-state index in [0.717, 1.165) is 27.1 Å². The number of hydrogen-bond acceptors (Lipinski definition) is 5. The molecule has 136 valence electrons. The number of aromatic nitrogens is 2. The third kappa shape index (κ3) is 7.75. The number of carbonyl (C=O) groups is 1.